The Morgan fingerprint density at radius 2 is 0.638 bits per heavy atom. The number of aromatic carboxylic acids is 3. The minimum absolute atomic E-state index is 0.0422. The number of ketones is 3. The Kier molecular flexibility index (Phi) is 27.0. The van der Waals surface area contributed by atoms with Gasteiger partial charge in [0.2, 0.25) is 29.1 Å². The lowest BCUT2D eigenvalue weighted by Crippen LogP contribution is -2.12. The lowest BCUT2D eigenvalue weighted by atomic mass is 10.1. The van der Waals surface area contributed by atoms with Crippen molar-refractivity contribution in [3.8, 4) is 79.3 Å². The van der Waals surface area contributed by atoms with E-state index in [0.717, 1.165) is 11.4 Å². The number of aliphatic hydroxyl groups is 3. The fourth-order valence-electron chi connectivity index (χ4n) is 10.2. The third-order valence-corrected chi connectivity index (χ3v) is 15.3. The third kappa shape index (κ3) is 18.7. The first-order valence-corrected chi connectivity index (χ1v) is 31.2. The summed E-state index contributed by atoms with van der Waals surface area (Å²) in [6.07, 6.45) is 17.2. The number of rotatable bonds is 17. The molecule has 0 spiro atoms. The first kappa shape index (κ1) is 79.5. The second-order valence-corrected chi connectivity index (χ2v) is 22.7. The molecule has 0 unspecified atom stereocenters. The Balaban J connectivity index is 0.000000176. The van der Waals surface area contributed by atoms with E-state index >= 15 is 0 Å². The van der Waals surface area contributed by atoms with Crippen LogP contribution >= 0.6 is 23.2 Å². The SMILES string of the molecule is COc1ncnc(-c2cnn(C)c2C(=O)CO)c1C.COc1ncnc(-c2cnn(C)c2C(=O)O)c1C.Cc1cc(-c2cnn(C)c2C(=O)CO)nc(C)n1.Cc1cc(-c2cnn(C)c2C(=O)O)nc(C)n1.Cn1ncc(-c2ncncc2Cl)c1C(=O)CO.Cn1ncc(-c2ncncc2Cl)c1C(=O)O. The summed E-state index contributed by atoms with van der Waals surface area (Å²) in [5.41, 5.74) is 10.3. The van der Waals surface area contributed by atoms with Crippen molar-refractivity contribution >= 4 is 58.5 Å². The molecule has 6 N–H and O–H groups in total. The zero-order valence-corrected chi connectivity index (χ0v) is 60.2. The van der Waals surface area contributed by atoms with Crippen molar-refractivity contribution in [2.45, 2.75) is 41.5 Å². The number of aliphatic hydroxyl groups excluding tert-OH is 3. The van der Waals surface area contributed by atoms with Crippen LogP contribution in [0.3, 0.4) is 0 Å². The van der Waals surface area contributed by atoms with Crippen molar-refractivity contribution in [1.29, 1.82) is 0 Å². The molecule has 0 bridgehead atoms. The molecule has 40 heteroatoms. The predicted octanol–water partition coefficient (Wildman–Crippen LogP) is 5.06. The van der Waals surface area contributed by atoms with E-state index in [-0.39, 0.29) is 33.6 Å². The molecule has 0 aliphatic rings. The van der Waals surface area contributed by atoms with Gasteiger partial charge in [-0.3, -0.25) is 42.5 Å². The van der Waals surface area contributed by atoms with Crippen LogP contribution in [-0.2, 0) is 42.3 Å². The van der Waals surface area contributed by atoms with E-state index in [2.05, 4.69) is 90.4 Å². The molecule has 12 heterocycles. The van der Waals surface area contributed by atoms with Gasteiger partial charge in [-0.15, -0.1) is 0 Å². The average Bonchev–Trinajstić information content (AvgIpc) is 1.75. The zero-order valence-electron chi connectivity index (χ0n) is 58.6. The fourth-order valence-corrected chi connectivity index (χ4v) is 10.6. The number of halogens is 2. The second-order valence-electron chi connectivity index (χ2n) is 21.9. The molecular weight excluding hydrogens is 1410 g/mol. The third-order valence-electron chi connectivity index (χ3n) is 14.8. The minimum Gasteiger partial charge on any atom is -0.481 e. The first-order chi connectivity index (χ1) is 49.9. The summed E-state index contributed by atoms with van der Waals surface area (Å²) in [7, 11) is 12.6. The van der Waals surface area contributed by atoms with E-state index in [4.69, 9.17) is 58.2 Å². The van der Waals surface area contributed by atoms with Crippen LogP contribution in [0.4, 0.5) is 0 Å². The van der Waals surface area contributed by atoms with Gasteiger partial charge in [0.05, 0.1) is 118 Å². The average molecular weight is 1480 g/mol. The number of ether oxygens (including phenoxy) is 2. The molecule has 0 amide bonds. The quantitative estimate of drug-likeness (QED) is 0.0649. The standard InChI is InChI=1S/C12H14N4O3.C12H14N4O2.C11H12N4O3.C11H12N4O2.C10H9ClN4O2.C9H7ClN4O2/c1-7-10(13-6-14-12(7)19-3)8-4-15-16(2)11(8)9(18)5-17;1-7-4-10(15-8(2)14-7)9-5-13-16(3)12(9)11(18)6-17;1-6-8(12-5-13-10(6)18-3)7-4-14-15(2)9(7)11(16)17;1-6-4-9(14-7(2)13-6)8-5-12-15(3)10(8)11(16)17;1-15-10(8(17)4-16)6(2-14-15)9-7(11)3-12-5-13-9;1-14-8(9(15)16)5(2-13-14)7-6(10)3-11-4-12-7/h4,6,17H,5H2,1-3H3;4-5,17H,6H2,1-3H3;4-5H,1-3H3,(H,16,17);4-5H,1-3H3,(H,16,17);2-3,5,16H,4H2,1H3;2-4H,1H3,(H,15,16). The largest absolute Gasteiger partial charge is 0.481 e. The summed E-state index contributed by atoms with van der Waals surface area (Å²) in [6, 6.07) is 3.54. The highest BCUT2D eigenvalue weighted by molar-refractivity contribution is 6.33. The lowest BCUT2D eigenvalue weighted by Gasteiger charge is -2.08. The van der Waals surface area contributed by atoms with Crippen molar-refractivity contribution in [2.75, 3.05) is 34.0 Å². The van der Waals surface area contributed by atoms with Gasteiger partial charge in [0, 0.05) is 88.3 Å². The highest BCUT2D eigenvalue weighted by Crippen LogP contribution is 2.32. The van der Waals surface area contributed by atoms with E-state index in [9.17, 15) is 33.9 Å². The monoisotopic (exact) mass is 1480 g/mol. The van der Waals surface area contributed by atoms with Crippen LogP contribution in [0.15, 0.2) is 87.0 Å². The predicted molar refractivity (Wildman–Crippen MR) is 372 cm³/mol. The van der Waals surface area contributed by atoms with Crippen LogP contribution < -0.4 is 9.47 Å². The number of hydrogen-bond donors (Lipinski definition) is 6. The molecule has 0 aromatic carbocycles. The van der Waals surface area contributed by atoms with Crippen molar-refractivity contribution in [1.82, 2.24) is 118 Å². The lowest BCUT2D eigenvalue weighted by molar-refractivity contribution is 0.0675. The summed E-state index contributed by atoms with van der Waals surface area (Å²) in [4.78, 5) is 117. The fraction of sp³-hybridized carbons (Fsp3) is 0.262. The molecule has 0 saturated heterocycles. The van der Waals surface area contributed by atoms with E-state index in [1.165, 1.54) is 111 Å². The van der Waals surface area contributed by atoms with Crippen molar-refractivity contribution < 1.29 is 68.9 Å². The van der Waals surface area contributed by atoms with Crippen molar-refractivity contribution in [3.63, 3.8) is 0 Å². The molecule has 12 aromatic heterocycles. The van der Waals surface area contributed by atoms with Gasteiger partial charge in [0.15, 0.2) is 17.1 Å². The Bertz CT molecular complexity index is 5140. The number of carbonyl (C=O) groups excluding carboxylic acids is 3. The van der Waals surface area contributed by atoms with Gasteiger partial charge in [-0.2, -0.15) is 30.6 Å². The first-order valence-electron chi connectivity index (χ1n) is 30.5. The molecule has 0 atom stereocenters. The molecule has 0 fully saturated rings. The van der Waals surface area contributed by atoms with Gasteiger partial charge in [0.25, 0.3) is 0 Å². The van der Waals surface area contributed by atoms with Crippen LogP contribution in [0.25, 0.3) is 67.5 Å². The van der Waals surface area contributed by atoms with E-state index < -0.39 is 49.3 Å². The number of hydrogen-bond acceptors (Lipinski definition) is 29. The Morgan fingerprint density at radius 3 is 0.943 bits per heavy atom. The maximum Gasteiger partial charge on any atom is 0.354 e. The van der Waals surface area contributed by atoms with Crippen LogP contribution in [-0.4, -0.2) is 218 Å². The Labute approximate surface area is 605 Å². The van der Waals surface area contributed by atoms with Gasteiger partial charge < -0.3 is 40.1 Å². The number of aromatic nitrogens is 24. The highest BCUT2D eigenvalue weighted by Gasteiger charge is 2.26. The molecule has 12 rings (SSSR count). The number of carboxylic acid groups (broad SMARTS) is 3. The topological polar surface area (TPSA) is 504 Å². The number of methoxy groups -OCH3 is 2. The summed E-state index contributed by atoms with van der Waals surface area (Å²) in [5, 5.41) is 78.7. The summed E-state index contributed by atoms with van der Waals surface area (Å²) in [5.74, 6) is -2.27. The second kappa shape index (κ2) is 35.7. The molecular formula is C65H68Cl2N24O14. The minimum atomic E-state index is -1.08. The number of carboxylic acids is 3. The van der Waals surface area contributed by atoms with Gasteiger partial charge in [-0.05, 0) is 53.7 Å². The maximum atomic E-state index is 11.8. The van der Waals surface area contributed by atoms with E-state index in [1.54, 1.807) is 88.3 Å². The van der Waals surface area contributed by atoms with Gasteiger partial charge in [0.1, 0.15) is 73.9 Å². The number of carbonyl (C=O) groups is 6. The number of Topliss-reactive ketones (excluding diaryl/α,β-unsaturated/α-hetero) is 3. The molecule has 105 heavy (non-hydrogen) atoms. The van der Waals surface area contributed by atoms with Gasteiger partial charge in [-0.25, -0.2) is 74.2 Å². The summed E-state index contributed by atoms with van der Waals surface area (Å²) in [6.45, 7) is 9.13. The Hall–Kier alpha value is -12.8. The summed E-state index contributed by atoms with van der Waals surface area (Å²) < 4.78 is 18.3. The van der Waals surface area contributed by atoms with Crippen molar-refractivity contribution in [2.24, 2.45) is 42.3 Å². The molecule has 0 saturated carbocycles. The van der Waals surface area contributed by atoms with Crippen LogP contribution in [0.5, 0.6) is 11.8 Å². The maximum absolute atomic E-state index is 11.8. The molecule has 12 aromatic rings. The molecule has 38 nitrogen and oxygen atoms in total. The molecule has 546 valence electrons. The van der Waals surface area contributed by atoms with Gasteiger partial charge in [-0.1, -0.05) is 23.2 Å². The van der Waals surface area contributed by atoms with Gasteiger partial charge >= 0.3 is 17.9 Å². The van der Waals surface area contributed by atoms with E-state index in [1.807, 2.05) is 13.8 Å². The van der Waals surface area contributed by atoms with E-state index in [0.29, 0.717) is 118 Å². The zero-order chi connectivity index (χ0) is 77.3. The normalized spacial score (nSPS) is 10.5. The van der Waals surface area contributed by atoms with Crippen LogP contribution in [0.1, 0.15) is 97.1 Å². The Morgan fingerprint density at radius 1 is 0.371 bits per heavy atom. The molecule has 0 aliphatic heterocycles. The number of nitrogens with zero attached hydrogens (tertiary/aromatic N) is 24. The molecule has 0 aliphatic carbocycles. The smallest absolute Gasteiger partial charge is 0.354 e. The summed E-state index contributed by atoms with van der Waals surface area (Å²) >= 11 is 11.8. The van der Waals surface area contributed by atoms with Crippen LogP contribution in [0.2, 0.25) is 10.0 Å². The molecule has 0 radical (unpaired) electrons. The highest BCUT2D eigenvalue weighted by atomic mass is 35.5. The van der Waals surface area contributed by atoms with Crippen molar-refractivity contribution in [3.05, 3.63) is 165 Å². The van der Waals surface area contributed by atoms with Crippen LogP contribution in [0, 0.1) is 41.5 Å². The number of aryl methyl sites for hydroxylation is 10.